The second-order valence-corrected chi connectivity index (χ2v) is 35.3. The average Bonchev–Trinajstić information content (AvgIpc) is 1.48. The van der Waals surface area contributed by atoms with E-state index in [1.807, 2.05) is 0 Å². The van der Waals surface area contributed by atoms with Gasteiger partial charge in [0, 0.05) is 87.4 Å². The summed E-state index contributed by atoms with van der Waals surface area (Å²) < 4.78 is 9.79. The molecule has 21 aromatic carbocycles. The molecule has 0 fully saturated rings. The van der Waals surface area contributed by atoms with E-state index < -0.39 is 0 Å². The highest BCUT2D eigenvalue weighted by atomic mass is 15.0. The van der Waals surface area contributed by atoms with Crippen LogP contribution in [0.25, 0.3) is 230 Å². The molecule has 2 aliphatic rings. The highest BCUT2D eigenvalue weighted by molar-refractivity contribution is 6.37. The molecule has 124 heavy (non-hydrogen) atoms. The van der Waals surface area contributed by atoms with Gasteiger partial charge in [-0.25, -0.2) is 0 Å². The Morgan fingerprint density at radius 3 is 0.806 bits per heavy atom. The first-order valence-electron chi connectivity index (χ1n) is 43.4. The number of benzene rings is 21. The van der Waals surface area contributed by atoms with E-state index >= 15 is 0 Å². The minimum absolute atomic E-state index is 0.110. The standard InChI is InChI=1S/C63H42N2.C57H38N2/c1-63(2)55-22-12-10-19-48(55)52-37-54-60(38-56(52)63)65(59-35-33-51-47-18-7-6-16-45(47)46-17-8-9-21-50(46)61(51)62(54)59)44-31-28-40(29-32-44)39-24-26-41(27-25-39)42-30-34-58-53(36-42)49-20-11-13-23-57(49)64(58)43-14-4-3-5-15-43;1-57(2)49-20-10-7-16-42(49)47-33-48-54(34-50(47)57)59(53-32-31-46-41-15-4-3-13-39(41)40-14-5-6-19-45(40)55(46)56(48)53)38-29-25-36(26-30-38)35-23-27-37(28-24-35)58-51-21-11-8-17-43(51)44-18-9-12-22-52(44)58/h3-38H,1-2H3;3-34H,1-2H3. The third-order valence-corrected chi connectivity index (χ3v) is 28.2. The molecule has 25 aromatic rings. The van der Waals surface area contributed by atoms with E-state index in [9.17, 15) is 0 Å². The molecule has 0 bridgehead atoms. The summed E-state index contributed by atoms with van der Waals surface area (Å²) in [6.07, 6.45) is 0. The minimum Gasteiger partial charge on any atom is -0.309 e. The Morgan fingerprint density at radius 2 is 0.411 bits per heavy atom. The summed E-state index contributed by atoms with van der Waals surface area (Å²) >= 11 is 0. The molecule has 0 saturated carbocycles. The summed E-state index contributed by atoms with van der Waals surface area (Å²) in [7, 11) is 0. The van der Waals surface area contributed by atoms with E-state index in [0.29, 0.717) is 0 Å². The smallest absolute Gasteiger partial charge is 0.0547 e. The average molecular weight is 1580 g/mol. The maximum absolute atomic E-state index is 2.52. The second kappa shape index (κ2) is 26.4. The summed E-state index contributed by atoms with van der Waals surface area (Å²) in [5.41, 5.74) is 32.4. The second-order valence-electron chi connectivity index (χ2n) is 35.3. The third kappa shape index (κ3) is 10.1. The molecule has 580 valence electrons. The van der Waals surface area contributed by atoms with Crippen LogP contribution in [0.2, 0.25) is 0 Å². The first-order valence-corrected chi connectivity index (χ1v) is 43.4. The van der Waals surface area contributed by atoms with Gasteiger partial charge in [-0.3, -0.25) is 0 Å². The van der Waals surface area contributed by atoms with Crippen LogP contribution < -0.4 is 0 Å². The Labute approximate surface area is 716 Å². The van der Waals surface area contributed by atoms with Gasteiger partial charge in [-0.05, 0) is 247 Å². The quantitative estimate of drug-likeness (QED) is 0.142. The summed E-state index contributed by atoms with van der Waals surface area (Å²) in [6.45, 7) is 9.53. The Hall–Kier alpha value is -15.6. The van der Waals surface area contributed by atoms with Crippen molar-refractivity contribution in [3.8, 4) is 78.4 Å². The highest BCUT2D eigenvalue weighted by Gasteiger charge is 2.39. The molecule has 0 spiro atoms. The van der Waals surface area contributed by atoms with E-state index in [1.54, 1.807) is 0 Å². The lowest BCUT2D eigenvalue weighted by molar-refractivity contribution is 0.661. The van der Waals surface area contributed by atoms with Gasteiger partial charge < -0.3 is 18.3 Å². The van der Waals surface area contributed by atoms with Crippen molar-refractivity contribution in [3.05, 3.63) is 435 Å². The Balaban J connectivity index is 0.000000133. The van der Waals surface area contributed by atoms with Crippen molar-refractivity contribution < 1.29 is 0 Å². The number of nitrogens with zero attached hydrogens (tertiary/aromatic N) is 4. The van der Waals surface area contributed by atoms with Crippen LogP contribution in [0.5, 0.6) is 0 Å². The predicted octanol–water partition coefficient (Wildman–Crippen LogP) is 32.3. The molecule has 27 rings (SSSR count). The lowest BCUT2D eigenvalue weighted by Crippen LogP contribution is -2.14. The normalized spacial score (nSPS) is 13.3. The molecular weight excluding hydrogens is 1500 g/mol. The molecular formula is C120H80N4. The fraction of sp³-hybridized carbons (Fsp3) is 0.0500. The number of hydrogen-bond donors (Lipinski definition) is 0. The molecule has 0 N–H and O–H groups in total. The van der Waals surface area contributed by atoms with Crippen molar-refractivity contribution in [2.24, 2.45) is 0 Å². The molecule has 4 aromatic heterocycles. The number of para-hydroxylation sites is 4. The molecule has 4 heteroatoms. The maximum atomic E-state index is 2.52. The molecule has 4 heterocycles. The summed E-state index contributed by atoms with van der Waals surface area (Å²) in [5, 5.41) is 25.9. The van der Waals surface area contributed by atoms with Crippen molar-refractivity contribution >= 4 is 152 Å². The maximum Gasteiger partial charge on any atom is 0.0547 e. The Bertz CT molecular complexity index is 8750. The van der Waals surface area contributed by atoms with Crippen LogP contribution in [0.4, 0.5) is 0 Å². The van der Waals surface area contributed by atoms with Gasteiger partial charge in [0.15, 0.2) is 0 Å². The number of rotatable bonds is 7. The number of hydrogen-bond acceptors (Lipinski definition) is 0. The third-order valence-electron chi connectivity index (χ3n) is 28.2. The van der Waals surface area contributed by atoms with Gasteiger partial charge in [0.2, 0.25) is 0 Å². The largest absolute Gasteiger partial charge is 0.309 e. The number of aromatic nitrogens is 4. The predicted molar refractivity (Wildman–Crippen MR) is 527 cm³/mol. The van der Waals surface area contributed by atoms with Crippen molar-refractivity contribution in [3.63, 3.8) is 0 Å². The van der Waals surface area contributed by atoms with Crippen LogP contribution in [-0.2, 0) is 10.8 Å². The lowest BCUT2D eigenvalue weighted by Gasteiger charge is -2.21. The van der Waals surface area contributed by atoms with Crippen molar-refractivity contribution in [2.45, 2.75) is 38.5 Å². The van der Waals surface area contributed by atoms with Crippen molar-refractivity contribution in [2.75, 3.05) is 0 Å². The highest BCUT2D eigenvalue weighted by Crippen LogP contribution is 2.56. The molecule has 0 radical (unpaired) electrons. The van der Waals surface area contributed by atoms with E-state index in [4.69, 9.17) is 0 Å². The van der Waals surface area contributed by atoms with Crippen LogP contribution in [0.3, 0.4) is 0 Å². The minimum atomic E-state index is -0.116. The molecule has 4 nitrogen and oxygen atoms in total. The van der Waals surface area contributed by atoms with Gasteiger partial charge in [0.1, 0.15) is 0 Å². The van der Waals surface area contributed by atoms with Crippen molar-refractivity contribution in [1.29, 1.82) is 0 Å². The van der Waals surface area contributed by atoms with Gasteiger partial charge in [-0.2, -0.15) is 0 Å². The van der Waals surface area contributed by atoms with E-state index in [1.165, 1.54) is 235 Å². The first-order chi connectivity index (χ1) is 61.1. The zero-order chi connectivity index (χ0) is 82.0. The van der Waals surface area contributed by atoms with Crippen LogP contribution in [0.1, 0.15) is 49.9 Å². The molecule has 0 saturated heterocycles. The lowest BCUT2D eigenvalue weighted by atomic mass is 9.82. The summed E-state index contributed by atoms with van der Waals surface area (Å²) in [4.78, 5) is 0. The molecule has 0 unspecified atom stereocenters. The van der Waals surface area contributed by atoms with Gasteiger partial charge in [-0.15, -0.1) is 0 Å². The first kappa shape index (κ1) is 70.2. The van der Waals surface area contributed by atoms with E-state index in [2.05, 4.69) is 458 Å². The Kier molecular flexibility index (Phi) is 15.0. The molecule has 0 atom stereocenters. The van der Waals surface area contributed by atoms with Gasteiger partial charge in [0.05, 0.1) is 44.1 Å². The summed E-state index contributed by atoms with van der Waals surface area (Å²) in [6, 6.07) is 154. The molecule has 0 amide bonds. The van der Waals surface area contributed by atoms with Crippen molar-refractivity contribution in [1.82, 2.24) is 18.3 Å². The van der Waals surface area contributed by atoms with Crippen LogP contribution in [-0.4, -0.2) is 18.3 Å². The van der Waals surface area contributed by atoms with Gasteiger partial charge in [-0.1, -0.05) is 325 Å². The topological polar surface area (TPSA) is 19.7 Å². The van der Waals surface area contributed by atoms with E-state index in [-0.39, 0.29) is 10.8 Å². The van der Waals surface area contributed by atoms with Gasteiger partial charge >= 0.3 is 0 Å². The van der Waals surface area contributed by atoms with E-state index in [0.717, 1.165) is 17.1 Å². The molecule has 0 aliphatic heterocycles. The fourth-order valence-electron chi connectivity index (χ4n) is 22.4. The molecule has 2 aliphatic carbocycles. The zero-order valence-corrected chi connectivity index (χ0v) is 69.0. The van der Waals surface area contributed by atoms with Crippen LogP contribution in [0, 0.1) is 0 Å². The SMILES string of the molecule is CC1(C)c2ccccc2-c2cc3c4c5c6ccccc6c6ccccc6c5ccc4n(-c4ccc(-c5ccc(-c6ccc7c(c6)c6ccccc6n7-c6ccccc6)cc5)cc4)c3cc21.CC1(C)c2ccccc2-c2cc3c4c5c6ccccc6c6ccccc6c5ccc4n(-c4ccc(-c5ccc(-n6c7ccccc7c7ccccc76)cc5)cc4)c3cc21. The number of fused-ring (bicyclic) bond motifs is 32. The fourth-order valence-corrected chi connectivity index (χ4v) is 22.4. The Morgan fingerprint density at radius 1 is 0.145 bits per heavy atom. The van der Waals surface area contributed by atoms with Crippen LogP contribution in [0.15, 0.2) is 413 Å². The monoisotopic (exact) mass is 1580 g/mol. The van der Waals surface area contributed by atoms with Gasteiger partial charge in [0.25, 0.3) is 0 Å². The zero-order valence-electron chi connectivity index (χ0n) is 69.0. The van der Waals surface area contributed by atoms with Crippen LogP contribution >= 0.6 is 0 Å². The summed E-state index contributed by atoms with van der Waals surface area (Å²) in [5.74, 6) is 0.